The van der Waals surface area contributed by atoms with Gasteiger partial charge < -0.3 is 19.5 Å². The van der Waals surface area contributed by atoms with Crippen molar-refractivity contribution in [2.24, 2.45) is 0 Å². The Morgan fingerprint density at radius 2 is 1.32 bits per heavy atom. The van der Waals surface area contributed by atoms with Crippen molar-refractivity contribution in [1.82, 2.24) is 4.98 Å². The topological polar surface area (TPSA) is 54.8 Å². The molecule has 1 aromatic heterocycles. The lowest BCUT2D eigenvalue weighted by Crippen LogP contribution is -2.23. The van der Waals surface area contributed by atoms with Gasteiger partial charge in [-0.15, -0.1) is 0 Å². The third kappa shape index (κ3) is 5.15. The molecule has 0 saturated heterocycles. The van der Waals surface area contributed by atoms with Crippen LogP contribution >= 0.6 is 11.6 Å². The maximum absolute atomic E-state index is 9.53. The van der Waals surface area contributed by atoms with Crippen LogP contribution in [0.1, 0.15) is 16.7 Å². The maximum Gasteiger partial charge on any atom is 0.131 e. The normalized spacial score (nSPS) is 10.6. The van der Waals surface area contributed by atoms with Crippen LogP contribution in [0.3, 0.4) is 0 Å². The summed E-state index contributed by atoms with van der Waals surface area (Å²) >= 11 is 6.18. The molecule has 0 aliphatic heterocycles. The Morgan fingerprint density at radius 3 is 1.75 bits per heavy atom. The molecule has 146 valence electrons. The minimum Gasteiger partial charge on any atom is -0.497 e. The summed E-state index contributed by atoms with van der Waals surface area (Å²) in [5.41, 5.74) is 2.95. The van der Waals surface area contributed by atoms with Crippen molar-refractivity contribution in [2.45, 2.75) is 19.7 Å². The van der Waals surface area contributed by atoms with Gasteiger partial charge in [0.1, 0.15) is 22.5 Å². The van der Waals surface area contributed by atoms with Crippen LogP contribution in [0.25, 0.3) is 0 Å². The van der Waals surface area contributed by atoms with Gasteiger partial charge in [-0.25, -0.2) is 4.98 Å². The van der Waals surface area contributed by atoms with E-state index in [9.17, 15) is 5.11 Å². The number of halogens is 1. The van der Waals surface area contributed by atoms with Crippen LogP contribution < -0.4 is 14.4 Å². The van der Waals surface area contributed by atoms with Crippen LogP contribution in [0.2, 0.25) is 5.15 Å². The summed E-state index contributed by atoms with van der Waals surface area (Å²) in [7, 11) is 3.30. The molecule has 0 saturated carbocycles. The van der Waals surface area contributed by atoms with E-state index in [4.69, 9.17) is 21.1 Å². The second-order valence-corrected chi connectivity index (χ2v) is 6.75. The highest BCUT2D eigenvalue weighted by molar-refractivity contribution is 6.29. The van der Waals surface area contributed by atoms with E-state index in [-0.39, 0.29) is 6.61 Å². The van der Waals surface area contributed by atoms with Crippen molar-refractivity contribution >= 4 is 17.4 Å². The molecule has 6 heteroatoms. The number of anilines is 1. The fraction of sp³-hybridized carbons (Fsp3) is 0.227. The van der Waals surface area contributed by atoms with Gasteiger partial charge in [-0.05, 0) is 53.1 Å². The highest BCUT2D eigenvalue weighted by Crippen LogP contribution is 2.24. The molecule has 1 heterocycles. The van der Waals surface area contributed by atoms with Crippen molar-refractivity contribution < 1.29 is 14.6 Å². The number of hydrogen-bond acceptors (Lipinski definition) is 5. The zero-order chi connectivity index (χ0) is 19.9. The molecule has 0 spiro atoms. The van der Waals surface area contributed by atoms with Crippen LogP contribution in [0.4, 0.5) is 5.82 Å². The summed E-state index contributed by atoms with van der Waals surface area (Å²) in [6, 6.07) is 19.4. The van der Waals surface area contributed by atoms with E-state index in [2.05, 4.69) is 9.88 Å². The maximum atomic E-state index is 9.53. The first-order chi connectivity index (χ1) is 13.6. The largest absolute Gasteiger partial charge is 0.497 e. The highest BCUT2D eigenvalue weighted by atomic mass is 35.5. The van der Waals surface area contributed by atoms with Gasteiger partial charge in [-0.1, -0.05) is 35.9 Å². The van der Waals surface area contributed by atoms with Crippen molar-refractivity contribution in [3.8, 4) is 11.5 Å². The minimum atomic E-state index is -0.0891. The minimum absolute atomic E-state index is 0.0891. The van der Waals surface area contributed by atoms with E-state index >= 15 is 0 Å². The lowest BCUT2D eigenvalue weighted by Gasteiger charge is -2.25. The Labute approximate surface area is 170 Å². The molecule has 3 aromatic rings. The number of pyridine rings is 1. The molecule has 0 fully saturated rings. The van der Waals surface area contributed by atoms with Crippen LogP contribution in [-0.2, 0) is 19.7 Å². The first kappa shape index (κ1) is 20.0. The predicted molar refractivity (Wildman–Crippen MR) is 111 cm³/mol. The molecule has 2 aromatic carbocycles. The van der Waals surface area contributed by atoms with Crippen molar-refractivity contribution in [3.63, 3.8) is 0 Å². The molecule has 0 unspecified atom stereocenters. The number of ether oxygens (including phenoxy) is 2. The summed E-state index contributed by atoms with van der Waals surface area (Å²) in [5, 5.41) is 9.89. The Kier molecular flexibility index (Phi) is 6.74. The lowest BCUT2D eigenvalue weighted by molar-refractivity contribution is 0.281. The number of benzene rings is 2. The van der Waals surface area contributed by atoms with E-state index < -0.39 is 0 Å². The Morgan fingerprint density at radius 1 is 0.821 bits per heavy atom. The van der Waals surface area contributed by atoms with Crippen molar-refractivity contribution in [3.05, 3.63) is 82.5 Å². The first-order valence-corrected chi connectivity index (χ1v) is 9.27. The van der Waals surface area contributed by atoms with Gasteiger partial charge in [-0.3, -0.25) is 0 Å². The van der Waals surface area contributed by atoms with Crippen molar-refractivity contribution in [1.29, 1.82) is 0 Å². The average Bonchev–Trinajstić information content (AvgIpc) is 2.73. The molecule has 0 radical (unpaired) electrons. The molecule has 0 aliphatic rings. The molecular formula is C22H23ClN2O3. The van der Waals surface area contributed by atoms with E-state index in [0.29, 0.717) is 24.1 Å². The second-order valence-electron chi connectivity index (χ2n) is 6.37. The van der Waals surface area contributed by atoms with E-state index in [1.807, 2.05) is 54.6 Å². The van der Waals surface area contributed by atoms with E-state index in [1.165, 1.54) is 0 Å². The SMILES string of the molecule is COc1ccc(CN(Cc2ccc(OC)cc2)c2cc(CO)cc(Cl)n2)cc1. The fourth-order valence-electron chi connectivity index (χ4n) is 2.91. The summed E-state index contributed by atoms with van der Waals surface area (Å²) in [5.74, 6) is 2.34. The number of nitrogens with zero attached hydrogens (tertiary/aromatic N) is 2. The zero-order valence-corrected chi connectivity index (χ0v) is 16.7. The summed E-state index contributed by atoms with van der Waals surface area (Å²) < 4.78 is 10.5. The number of methoxy groups -OCH3 is 2. The summed E-state index contributed by atoms with van der Waals surface area (Å²) in [6.45, 7) is 1.18. The molecule has 0 atom stereocenters. The molecule has 1 N–H and O–H groups in total. The van der Waals surface area contributed by atoms with Gasteiger partial charge in [0.25, 0.3) is 0 Å². The molecule has 3 rings (SSSR count). The lowest BCUT2D eigenvalue weighted by atomic mass is 10.1. The summed E-state index contributed by atoms with van der Waals surface area (Å²) in [6.07, 6.45) is 0. The predicted octanol–water partition coefficient (Wildman–Crippen LogP) is 4.45. The second kappa shape index (κ2) is 9.44. The molecule has 0 bridgehead atoms. The monoisotopic (exact) mass is 398 g/mol. The van der Waals surface area contributed by atoms with E-state index in [1.54, 1.807) is 20.3 Å². The number of aliphatic hydroxyl groups is 1. The molecule has 0 amide bonds. The van der Waals surface area contributed by atoms with Gasteiger partial charge in [-0.2, -0.15) is 0 Å². The Balaban J connectivity index is 1.90. The number of rotatable bonds is 8. The Hall–Kier alpha value is -2.76. The number of aromatic nitrogens is 1. The average molecular weight is 399 g/mol. The third-order valence-corrected chi connectivity index (χ3v) is 4.61. The van der Waals surface area contributed by atoms with Gasteiger partial charge in [0.2, 0.25) is 0 Å². The molecule has 0 aliphatic carbocycles. The van der Waals surface area contributed by atoms with E-state index in [0.717, 1.165) is 28.2 Å². The smallest absolute Gasteiger partial charge is 0.131 e. The number of aliphatic hydroxyl groups excluding tert-OH is 1. The fourth-order valence-corrected chi connectivity index (χ4v) is 3.14. The Bertz CT molecular complexity index is 849. The number of hydrogen-bond donors (Lipinski definition) is 1. The first-order valence-electron chi connectivity index (χ1n) is 8.89. The van der Waals surface area contributed by atoms with Crippen LogP contribution in [-0.4, -0.2) is 24.3 Å². The highest BCUT2D eigenvalue weighted by Gasteiger charge is 2.13. The van der Waals surface area contributed by atoms with Gasteiger partial charge >= 0.3 is 0 Å². The van der Waals surface area contributed by atoms with Gasteiger partial charge in [0.05, 0.1) is 20.8 Å². The van der Waals surface area contributed by atoms with Gasteiger partial charge in [0.15, 0.2) is 0 Å². The third-order valence-electron chi connectivity index (χ3n) is 4.41. The van der Waals surface area contributed by atoms with Crippen molar-refractivity contribution in [2.75, 3.05) is 19.1 Å². The standard InChI is InChI=1S/C22H23ClN2O3/c1-27-19-7-3-16(4-8-19)13-25(14-17-5-9-20(28-2)10-6-17)22-12-18(15-26)11-21(23)24-22/h3-12,26H,13-15H2,1-2H3. The molecular weight excluding hydrogens is 376 g/mol. The zero-order valence-electron chi connectivity index (χ0n) is 15.9. The quantitative estimate of drug-likeness (QED) is 0.568. The van der Waals surface area contributed by atoms with Gasteiger partial charge in [0, 0.05) is 13.1 Å². The summed E-state index contributed by atoms with van der Waals surface area (Å²) in [4.78, 5) is 6.59. The van der Waals surface area contributed by atoms with Crippen LogP contribution in [0.15, 0.2) is 60.7 Å². The molecule has 5 nitrogen and oxygen atoms in total. The van der Waals surface area contributed by atoms with Crippen LogP contribution in [0.5, 0.6) is 11.5 Å². The molecule has 28 heavy (non-hydrogen) atoms. The van der Waals surface area contributed by atoms with Crippen LogP contribution in [0, 0.1) is 0 Å².